The summed E-state index contributed by atoms with van der Waals surface area (Å²) in [6.07, 6.45) is 0. The van der Waals surface area contributed by atoms with E-state index in [-0.39, 0.29) is 0 Å². The quantitative estimate of drug-likeness (QED) is 0.748. The van der Waals surface area contributed by atoms with Crippen molar-refractivity contribution in [1.29, 1.82) is 0 Å². The highest BCUT2D eigenvalue weighted by Gasteiger charge is 2.12. The predicted molar refractivity (Wildman–Crippen MR) is 90.1 cm³/mol. The monoisotopic (exact) mass is 297 g/mol. The summed E-state index contributed by atoms with van der Waals surface area (Å²) >= 11 is 1.85. The molecule has 1 heterocycles. The first-order chi connectivity index (χ1) is 10.3. The van der Waals surface area contributed by atoms with Crippen molar-refractivity contribution in [3.8, 4) is 5.75 Å². The highest BCUT2D eigenvalue weighted by atomic mass is 32.1. The minimum Gasteiger partial charge on any atom is -0.489 e. The van der Waals surface area contributed by atoms with Crippen LogP contribution in [0.4, 0.5) is 0 Å². The molecule has 0 bridgehead atoms. The number of benzene rings is 2. The fourth-order valence-corrected chi connectivity index (χ4v) is 3.70. The number of aryl methyl sites for hydroxylation is 1. The molecule has 0 aliphatic heterocycles. The fraction of sp³-hybridized carbons (Fsp3) is 0.222. The lowest BCUT2D eigenvalue weighted by Gasteiger charge is -2.10. The Morgan fingerprint density at radius 1 is 1.05 bits per heavy atom. The molecular formula is C18H19NOS. The van der Waals surface area contributed by atoms with E-state index in [1.165, 1.54) is 26.1 Å². The summed E-state index contributed by atoms with van der Waals surface area (Å²) in [7, 11) is 1.98. The molecule has 21 heavy (non-hydrogen) atoms. The summed E-state index contributed by atoms with van der Waals surface area (Å²) in [5, 5.41) is 4.56. The largest absolute Gasteiger partial charge is 0.489 e. The molecule has 108 valence electrons. The third-order valence-electron chi connectivity index (χ3n) is 3.58. The van der Waals surface area contributed by atoms with E-state index in [0.29, 0.717) is 6.61 Å². The van der Waals surface area contributed by atoms with Crippen LogP contribution in [-0.2, 0) is 13.2 Å². The molecule has 1 N–H and O–H groups in total. The lowest BCUT2D eigenvalue weighted by atomic mass is 10.1. The van der Waals surface area contributed by atoms with Gasteiger partial charge in [0.05, 0.1) is 0 Å². The molecule has 0 saturated carbocycles. The molecule has 0 aliphatic rings. The van der Waals surface area contributed by atoms with Gasteiger partial charge in [-0.2, -0.15) is 0 Å². The van der Waals surface area contributed by atoms with Crippen molar-refractivity contribution in [2.75, 3.05) is 7.05 Å². The Hall–Kier alpha value is -1.84. The van der Waals surface area contributed by atoms with Gasteiger partial charge in [0.2, 0.25) is 0 Å². The van der Waals surface area contributed by atoms with Gasteiger partial charge >= 0.3 is 0 Å². The molecule has 3 rings (SSSR count). The van der Waals surface area contributed by atoms with Crippen LogP contribution in [0, 0.1) is 6.92 Å². The molecule has 0 unspecified atom stereocenters. The average molecular weight is 297 g/mol. The summed E-state index contributed by atoms with van der Waals surface area (Å²) in [6, 6.07) is 16.7. The van der Waals surface area contributed by atoms with E-state index in [1.807, 2.05) is 36.6 Å². The van der Waals surface area contributed by atoms with Crippen LogP contribution in [0.5, 0.6) is 5.75 Å². The Kier molecular flexibility index (Phi) is 4.23. The number of hydrogen-bond acceptors (Lipinski definition) is 3. The first kappa shape index (κ1) is 14.1. The fourth-order valence-electron chi connectivity index (χ4n) is 2.48. The van der Waals surface area contributed by atoms with E-state index in [2.05, 4.69) is 42.6 Å². The van der Waals surface area contributed by atoms with Gasteiger partial charge in [-0.3, -0.25) is 0 Å². The Morgan fingerprint density at radius 2 is 1.81 bits per heavy atom. The minimum atomic E-state index is 0.617. The van der Waals surface area contributed by atoms with Crippen molar-refractivity contribution in [3.05, 3.63) is 64.5 Å². The number of fused-ring (bicyclic) bond motifs is 1. The van der Waals surface area contributed by atoms with E-state index in [1.54, 1.807) is 0 Å². The summed E-state index contributed by atoms with van der Waals surface area (Å²) in [5.74, 6) is 0.961. The summed E-state index contributed by atoms with van der Waals surface area (Å²) < 4.78 is 7.38. The third-order valence-corrected chi connectivity index (χ3v) is 4.80. The molecule has 2 aromatic carbocycles. The van der Waals surface area contributed by atoms with Gasteiger partial charge in [0.15, 0.2) is 0 Å². The van der Waals surface area contributed by atoms with Crippen molar-refractivity contribution < 1.29 is 4.74 Å². The molecule has 0 spiro atoms. The second kappa shape index (κ2) is 6.29. The van der Waals surface area contributed by atoms with Crippen LogP contribution >= 0.6 is 11.3 Å². The maximum atomic E-state index is 6.06. The van der Waals surface area contributed by atoms with Gasteiger partial charge in [-0.1, -0.05) is 36.4 Å². The molecule has 0 amide bonds. The lowest BCUT2D eigenvalue weighted by Crippen LogP contribution is -2.07. The molecule has 0 radical (unpaired) electrons. The standard InChI is InChI=1S/C18H19NOS/c1-13-7-3-5-9-16(13)20-12-15-14-8-4-6-10-17(14)21-18(15)11-19-2/h3-10,19H,11-12H2,1-2H3. The Labute approximate surface area is 129 Å². The first-order valence-electron chi connectivity index (χ1n) is 7.12. The Morgan fingerprint density at radius 3 is 2.62 bits per heavy atom. The van der Waals surface area contributed by atoms with Gasteiger partial charge in [-0.05, 0) is 37.1 Å². The number of nitrogens with one attached hydrogen (secondary N) is 1. The van der Waals surface area contributed by atoms with Crippen molar-refractivity contribution in [1.82, 2.24) is 5.32 Å². The number of para-hydroxylation sites is 1. The molecule has 3 heteroatoms. The Bertz CT molecular complexity index is 748. The van der Waals surface area contributed by atoms with Crippen molar-refractivity contribution in [2.45, 2.75) is 20.1 Å². The summed E-state index contributed by atoms with van der Waals surface area (Å²) in [6.45, 7) is 3.58. The highest BCUT2D eigenvalue weighted by molar-refractivity contribution is 7.19. The van der Waals surface area contributed by atoms with Crippen LogP contribution in [0.25, 0.3) is 10.1 Å². The second-order valence-electron chi connectivity index (χ2n) is 5.08. The summed E-state index contributed by atoms with van der Waals surface area (Å²) in [5.41, 5.74) is 2.47. The molecular weight excluding hydrogens is 278 g/mol. The van der Waals surface area contributed by atoms with Gasteiger partial charge in [0.25, 0.3) is 0 Å². The predicted octanol–water partition coefficient (Wildman–Crippen LogP) is 4.51. The zero-order valence-corrected chi connectivity index (χ0v) is 13.2. The van der Waals surface area contributed by atoms with E-state index >= 15 is 0 Å². The maximum Gasteiger partial charge on any atom is 0.122 e. The van der Waals surface area contributed by atoms with Crippen LogP contribution in [0.1, 0.15) is 16.0 Å². The smallest absolute Gasteiger partial charge is 0.122 e. The van der Waals surface area contributed by atoms with Gasteiger partial charge in [-0.15, -0.1) is 11.3 Å². The number of thiophene rings is 1. The van der Waals surface area contributed by atoms with Gasteiger partial charge < -0.3 is 10.1 Å². The minimum absolute atomic E-state index is 0.617. The maximum absolute atomic E-state index is 6.06. The van der Waals surface area contributed by atoms with E-state index in [0.717, 1.165) is 12.3 Å². The van der Waals surface area contributed by atoms with E-state index < -0.39 is 0 Å². The van der Waals surface area contributed by atoms with E-state index in [9.17, 15) is 0 Å². The lowest BCUT2D eigenvalue weighted by molar-refractivity contribution is 0.305. The van der Waals surface area contributed by atoms with Crippen molar-refractivity contribution >= 4 is 21.4 Å². The van der Waals surface area contributed by atoms with Crippen LogP contribution in [0.15, 0.2) is 48.5 Å². The normalized spacial score (nSPS) is 11.0. The van der Waals surface area contributed by atoms with Crippen LogP contribution in [0.3, 0.4) is 0 Å². The Balaban J connectivity index is 1.92. The van der Waals surface area contributed by atoms with Crippen molar-refractivity contribution in [3.63, 3.8) is 0 Å². The topological polar surface area (TPSA) is 21.3 Å². The zero-order valence-electron chi connectivity index (χ0n) is 12.3. The third kappa shape index (κ3) is 2.94. The molecule has 1 aromatic heterocycles. The number of rotatable bonds is 5. The molecule has 2 nitrogen and oxygen atoms in total. The highest BCUT2D eigenvalue weighted by Crippen LogP contribution is 2.32. The van der Waals surface area contributed by atoms with Crippen LogP contribution < -0.4 is 10.1 Å². The second-order valence-corrected chi connectivity index (χ2v) is 6.22. The average Bonchev–Trinajstić information content (AvgIpc) is 2.84. The molecule has 0 atom stereocenters. The first-order valence-corrected chi connectivity index (χ1v) is 7.93. The van der Waals surface area contributed by atoms with Crippen molar-refractivity contribution in [2.24, 2.45) is 0 Å². The molecule has 0 aliphatic carbocycles. The molecule has 0 fully saturated rings. The van der Waals surface area contributed by atoms with Crippen LogP contribution in [0.2, 0.25) is 0 Å². The van der Waals surface area contributed by atoms with Gasteiger partial charge in [0.1, 0.15) is 12.4 Å². The van der Waals surface area contributed by atoms with Gasteiger partial charge in [-0.25, -0.2) is 0 Å². The molecule has 3 aromatic rings. The van der Waals surface area contributed by atoms with Gasteiger partial charge in [0, 0.05) is 21.7 Å². The van der Waals surface area contributed by atoms with Crippen LogP contribution in [-0.4, -0.2) is 7.05 Å². The van der Waals surface area contributed by atoms with E-state index in [4.69, 9.17) is 4.74 Å². The molecule has 0 saturated heterocycles. The SMILES string of the molecule is CNCc1sc2ccccc2c1COc1ccccc1C. The summed E-state index contributed by atoms with van der Waals surface area (Å²) in [4.78, 5) is 1.35. The number of ether oxygens (including phenoxy) is 1. The zero-order chi connectivity index (χ0) is 14.7. The number of hydrogen-bond donors (Lipinski definition) is 1.